The number of imide groups is 1. The van der Waals surface area contributed by atoms with Crippen LogP contribution in [0.2, 0.25) is 0 Å². The topological polar surface area (TPSA) is 66.5 Å². The molecule has 1 aliphatic heterocycles. The zero-order valence-corrected chi connectivity index (χ0v) is 20.8. The molecule has 3 amide bonds. The van der Waals surface area contributed by atoms with Gasteiger partial charge in [0.15, 0.2) is 0 Å². The van der Waals surface area contributed by atoms with Crippen molar-refractivity contribution in [3.05, 3.63) is 108 Å². The lowest BCUT2D eigenvalue weighted by molar-refractivity contribution is -0.129. The van der Waals surface area contributed by atoms with Crippen molar-refractivity contribution in [3.63, 3.8) is 0 Å². The van der Waals surface area contributed by atoms with Gasteiger partial charge in [0.2, 0.25) is 11.8 Å². The van der Waals surface area contributed by atoms with Gasteiger partial charge in [-0.25, -0.2) is 0 Å². The minimum absolute atomic E-state index is 0.0762. The second-order valence-corrected chi connectivity index (χ2v) is 10.3. The molecule has 5 nitrogen and oxygen atoms in total. The molecule has 1 unspecified atom stereocenters. The average Bonchev–Trinajstić information content (AvgIpc) is 3.20. The fourth-order valence-corrected chi connectivity index (χ4v) is 5.30. The first-order valence-electron chi connectivity index (χ1n) is 11.9. The van der Waals surface area contributed by atoms with Crippen LogP contribution in [0.5, 0.6) is 0 Å². The molecule has 4 aromatic carbocycles. The van der Waals surface area contributed by atoms with Crippen LogP contribution in [0.25, 0.3) is 21.9 Å². The van der Waals surface area contributed by atoms with Crippen molar-refractivity contribution < 1.29 is 14.4 Å². The van der Waals surface area contributed by atoms with Crippen molar-refractivity contribution in [2.45, 2.75) is 24.6 Å². The molecular formula is C30H26N2O3S. The van der Waals surface area contributed by atoms with Crippen LogP contribution in [-0.4, -0.2) is 34.3 Å². The first-order valence-corrected chi connectivity index (χ1v) is 12.7. The van der Waals surface area contributed by atoms with E-state index in [1.807, 2.05) is 67.7 Å². The summed E-state index contributed by atoms with van der Waals surface area (Å²) in [5.74, 6) is -0.145. The normalized spacial score (nSPS) is 15.2. The summed E-state index contributed by atoms with van der Waals surface area (Å²) < 4.78 is 0. The summed E-state index contributed by atoms with van der Waals surface area (Å²) in [6.07, 6.45) is 0.887. The SMILES string of the molecule is CN(Cc1cccc(-c2ccc(CC3SC(=O)NC3=O)cc2)c1)C(=O)Cc1ccc2ccccc2c1. The number of nitrogens with one attached hydrogen (secondary N) is 1. The van der Waals surface area contributed by atoms with E-state index >= 15 is 0 Å². The Morgan fingerprint density at radius 2 is 1.56 bits per heavy atom. The fourth-order valence-electron chi connectivity index (χ4n) is 4.44. The van der Waals surface area contributed by atoms with E-state index in [1.165, 1.54) is 5.39 Å². The number of rotatable bonds is 7. The number of likely N-dealkylation sites (N-methyl/N-ethyl adjacent to an activating group) is 1. The van der Waals surface area contributed by atoms with Gasteiger partial charge in [-0.3, -0.25) is 19.7 Å². The van der Waals surface area contributed by atoms with Crippen molar-refractivity contribution in [2.24, 2.45) is 0 Å². The van der Waals surface area contributed by atoms with E-state index in [0.717, 1.165) is 45.0 Å². The first kappa shape index (κ1) is 23.8. The highest BCUT2D eigenvalue weighted by Crippen LogP contribution is 2.26. The second kappa shape index (κ2) is 10.4. The summed E-state index contributed by atoms with van der Waals surface area (Å²) in [6.45, 7) is 0.528. The van der Waals surface area contributed by atoms with Crippen LogP contribution >= 0.6 is 11.8 Å². The Hall–Kier alpha value is -3.90. The van der Waals surface area contributed by atoms with Crippen molar-refractivity contribution in [2.75, 3.05) is 7.05 Å². The number of fused-ring (bicyclic) bond motifs is 1. The van der Waals surface area contributed by atoms with Crippen LogP contribution in [0.3, 0.4) is 0 Å². The molecule has 5 rings (SSSR count). The third-order valence-electron chi connectivity index (χ3n) is 6.42. The van der Waals surface area contributed by atoms with Crippen LogP contribution in [0.4, 0.5) is 4.79 Å². The van der Waals surface area contributed by atoms with Gasteiger partial charge in [-0.2, -0.15) is 0 Å². The van der Waals surface area contributed by atoms with E-state index < -0.39 is 0 Å². The molecule has 36 heavy (non-hydrogen) atoms. The third kappa shape index (κ3) is 5.50. The molecule has 1 N–H and O–H groups in total. The van der Waals surface area contributed by atoms with Crippen LogP contribution in [0.1, 0.15) is 16.7 Å². The summed E-state index contributed by atoms with van der Waals surface area (Å²) in [7, 11) is 1.84. The number of hydrogen-bond donors (Lipinski definition) is 1. The number of carbonyl (C=O) groups excluding carboxylic acids is 3. The number of hydrogen-bond acceptors (Lipinski definition) is 4. The van der Waals surface area contributed by atoms with Gasteiger partial charge in [0.1, 0.15) is 0 Å². The molecule has 0 bridgehead atoms. The highest BCUT2D eigenvalue weighted by molar-refractivity contribution is 8.15. The smallest absolute Gasteiger partial charge is 0.286 e. The molecule has 0 aliphatic carbocycles. The van der Waals surface area contributed by atoms with Crippen LogP contribution in [-0.2, 0) is 29.0 Å². The van der Waals surface area contributed by atoms with E-state index in [0.29, 0.717) is 19.4 Å². The molecule has 0 spiro atoms. The van der Waals surface area contributed by atoms with Crippen LogP contribution < -0.4 is 5.32 Å². The molecule has 0 saturated carbocycles. The molecule has 0 aromatic heterocycles. The minimum atomic E-state index is -0.366. The summed E-state index contributed by atoms with van der Waals surface area (Å²) in [4.78, 5) is 37.9. The van der Waals surface area contributed by atoms with Crippen LogP contribution in [0.15, 0.2) is 91.0 Å². The van der Waals surface area contributed by atoms with E-state index in [-0.39, 0.29) is 22.3 Å². The fraction of sp³-hybridized carbons (Fsp3) is 0.167. The van der Waals surface area contributed by atoms with Gasteiger partial charge in [0.05, 0.1) is 11.7 Å². The monoisotopic (exact) mass is 494 g/mol. The maximum Gasteiger partial charge on any atom is 0.286 e. The Kier molecular flexibility index (Phi) is 6.87. The van der Waals surface area contributed by atoms with Gasteiger partial charge in [-0.15, -0.1) is 0 Å². The van der Waals surface area contributed by atoms with E-state index in [4.69, 9.17) is 0 Å². The summed E-state index contributed by atoms with van der Waals surface area (Å²) in [5.41, 5.74) is 5.21. The molecule has 1 aliphatic rings. The maximum atomic E-state index is 12.9. The van der Waals surface area contributed by atoms with Gasteiger partial charge in [-0.05, 0) is 51.1 Å². The van der Waals surface area contributed by atoms with Crippen molar-refractivity contribution in [3.8, 4) is 11.1 Å². The molecule has 180 valence electrons. The van der Waals surface area contributed by atoms with Crippen LogP contribution in [0, 0.1) is 0 Å². The number of benzene rings is 4. The first-order chi connectivity index (χ1) is 17.4. The maximum absolute atomic E-state index is 12.9. The second-order valence-electron chi connectivity index (χ2n) is 9.09. The Balaban J connectivity index is 1.22. The van der Waals surface area contributed by atoms with Gasteiger partial charge in [0.25, 0.3) is 5.24 Å². The average molecular weight is 495 g/mol. The zero-order valence-electron chi connectivity index (χ0n) is 19.9. The largest absolute Gasteiger partial charge is 0.341 e. The Morgan fingerprint density at radius 3 is 2.31 bits per heavy atom. The van der Waals surface area contributed by atoms with Gasteiger partial charge < -0.3 is 4.90 Å². The van der Waals surface area contributed by atoms with E-state index in [1.54, 1.807) is 4.90 Å². The molecule has 1 atom stereocenters. The van der Waals surface area contributed by atoms with Crippen molar-refractivity contribution >= 4 is 39.6 Å². The Morgan fingerprint density at radius 1 is 0.806 bits per heavy atom. The molecule has 1 heterocycles. The Labute approximate surface area is 214 Å². The molecule has 6 heteroatoms. The van der Waals surface area contributed by atoms with Crippen molar-refractivity contribution in [1.29, 1.82) is 0 Å². The van der Waals surface area contributed by atoms with Gasteiger partial charge in [0, 0.05) is 13.6 Å². The van der Waals surface area contributed by atoms with E-state index in [9.17, 15) is 14.4 Å². The lowest BCUT2D eigenvalue weighted by atomic mass is 10.00. The van der Waals surface area contributed by atoms with Crippen molar-refractivity contribution in [1.82, 2.24) is 10.2 Å². The predicted octanol–water partition coefficient (Wildman–Crippen LogP) is 5.60. The predicted molar refractivity (Wildman–Crippen MR) is 145 cm³/mol. The minimum Gasteiger partial charge on any atom is -0.341 e. The highest BCUT2D eigenvalue weighted by atomic mass is 32.2. The number of nitrogens with zero attached hydrogens (tertiary/aromatic N) is 1. The third-order valence-corrected chi connectivity index (χ3v) is 7.40. The lowest BCUT2D eigenvalue weighted by Crippen LogP contribution is -2.27. The molecule has 4 aromatic rings. The molecule has 1 saturated heterocycles. The summed E-state index contributed by atoms with van der Waals surface area (Å²) in [5, 5.41) is 4.00. The zero-order chi connectivity index (χ0) is 25.1. The highest BCUT2D eigenvalue weighted by Gasteiger charge is 2.31. The molecule has 0 radical (unpaired) electrons. The van der Waals surface area contributed by atoms with Gasteiger partial charge in [-0.1, -0.05) is 96.7 Å². The number of thioether (sulfide) groups is 1. The number of carbonyl (C=O) groups is 3. The summed E-state index contributed by atoms with van der Waals surface area (Å²) >= 11 is 1.05. The standard InChI is InChI=1S/C30H26N2O3S/c1-32(28(33)18-21-11-14-23-6-2-3-7-25(23)15-21)19-22-5-4-8-26(16-22)24-12-9-20(10-13-24)17-27-29(34)31-30(35)36-27/h2-16,27H,17-19H2,1H3,(H,31,34,35). The lowest BCUT2D eigenvalue weighted by Gasteiger charge is -2.18. The van der Waals surface area contributed by atoms with E-state index in [2.05, 4.69) is 35.6 Å². The quantitative estimate of drug-likeness (QED) is 0.363. The molecular weight excluding hydrogens is 468 g/mol. The molecule has 1 fully saturated rings. The summed E-state index contributed by atoms with van der Waals surface area (Å²) in [6, 6.07) is 30.6. The van der Waals surface area contributed by atoms with Gasteiger partial charge >= 0.3 is 0 Å². The number of amides is 3. The Bertz CT molecular complexity index is 1450.